The summed E-state index contributed by atoms with van der Waals surface area (Å²) >= 11 is 0. The lowest BCUT2D eigenvalue weighted by Gasteiger charge is -2.30. The number of aromatic nitrogens is 1. The molecule has 3 aliphatic rings. The van der Waals surface area contributed by atoms with E-state index in [2.05, 4.69) is 35.2 Å². The fraction of sp³-hybridized carbons (Fsp3) is 0.222. The zero-order valence-electron chi connectivity index (χ0n) is 12.1. The quantitative estimate of drug-likeness (QED) is 0.681. The number of ether oxygens (including phenoxy) is 1. The maximum atomic E-state index is 11.5. The summed E-state index contributed by atoms with van der Waals surface area (Å²) in [5.74, 6) is 2.58. The fourth-order valence-corrected chi connectivity index (χ4v) is 2.35. The lowest BCUT2D eigenvalue weighted by atomic mass is 10.1. The van der Waals surface area contributed by atoms with Crippen molar-refractivity contribution >= 4 is 6.09 Å². The number of fused-ring (bicyclic) bond motifs is 1. The van der Waals surface area contributed by atoms with Gasteiger partial charge in [-0.3, -0.25) is 9.88 Å². The molecule has 1 fully saturated rings. The van der Waals surface area contributed by atoms with E-state index >= 15 is 0 Å². The maximum absolute atomic E-state index is 11.5. The second-order valence-corrected chi connectivity index (χ2v) is 5.07. The van der Waals surface area contributed by atoms with Crippen LogP contribution in [0.5, 0.6) is 0 Å². The third-order valence-corrected chi connectivity index (χ3v) is 3.55. The van der Waals surface area contributed by atoms with Crippen molar-refractivity contribution in [2.24, 2.45) is 0 Å². The monoisotopic (exact) mass is 292 g/mol. The number of benzene rings is 1. The van der Waals surface area contributed by atoms with Crippen molar-refractivity contribution in [3.63, 3.8) is 0 Å². The number of terminal acetylenes is 1. The number of amides is 1. The van der Waals surface area contributed by atoms with Crippen LogP contribution in [0.1, 0.15) is 18.2 Å². The van der Waals surface area contributed by atoms with Crippen LogP contribution in [0.15, 0.2) is 48.7 Å². The summed E-state index contributed by atoms with van der Waals surface area (Å²) in [6.07, 6.45) is 7.56. The van der Waals surface area contributed by atoms with Crippen molar-refractivity contribution in [3.05, 3.63) is 54.4 Å². The molecule has 1 atom stereocenters. The van der Waals surface area contributed by atoms with E-state index in [1.165, 1.54) is 16.0 Å². The first-order valence-corrected chi connectivity index (χ1v) is 7.20. The predicted molar refractivity (Wildman–Crippen MR) is 83.9 cm³/mol. The van der Waals surface area contributed by atoms with E-state index in [0.717, 1.165) is 6.42 Å². The standard InChI is InChI=1S/C12H12N2O2.C6H4/c1-2-11(10-6-3-4-7-13-10)14-8-5-9-16-12(14)15;1-2-5-4-6(5)3-1/h1,3-4,6-7,11H,5,8-9H2;1-4H. The summed E-state index contributed by atoms with van der Waals surface area (Å²) in [6, 6.07) is 13.5. The molecule has 0 aromatic carbocycles. The molecule has 22 heavy (non-hydrogen) atoms. The molecule has 1 aromatic heterocycles. The van der Waals surface area contributed by atoms with E-state index in [9.17, 15) is 4.79 Å². The van der Waals surface area contributed by atoms with Gasteiger partial charge in [0.25, 0.3) is 0 Å². The first-order valence-electron chi connectivity index (χ1n) is 7.20. The van der Waals surface area contributed by atoms with Gasteiger partial charge in [0.1, 0.15) is 6.04 Å². The SMILES string of the molecule is C#CC(c1ccccn1)N1CCCOC1=O.c1cc2cc-2c1. The van der Waals surface area contributed by atoms with Gasteiger partial charge >= 0.3 is 6.09 Å². The third-order valence-electron chi connectivity index (χ3n) is 3.55. The molecule has 1 saturated heterocycles. The molecule has 0 N–H and O–H groups in total. The zero-order chi connectivity index (χ0) is 15.4. The van der Waals surface area contributed by atoms with E-state index in [0.29, 0.717) is 18.8 Å². The molecule has 1 aliphatic heterocycles. The number of cyclic esters (lactones) is 1. The number of nitrogens with zero attached hydrogens (tertiary/aromatic N) is 2. The zero-order valence-corrected chi connectivity index (χ0v) is 12.1. The average molecular weight is 292 g/mol. The lowest BCUT2D eigenvalue weighted by Crippen LogP contribution is -2.40. The number of rotatable bonds is 2. The Bertz CT molecular complexity index is 689. The Hall–Kier alpha value is -2.80. The molecule has 1 unspecified atom stereocenters. The summed E-state index contributed by atoms with van der Waals surface area (Å²) in [7, 11) is 0. The molecule has 0 saturated carbocycles. The Morgan fingerprint density at radius 3 is 2.55 bits per heavy atom. The Balaban J connectivity index is 0.000000196. The molecular formula is C18H16N2O2. The average Bonchev–Trinajstić information content (AvgIpc) is 3.17. The van der Waals surface area contributed by atoms with Crippen molar-refractivity contribution < 1.29 is 9.53 Å². The summed E-state index contributed by atoms with van der Waals surface area (Å²) < 4.78 is 4.96. The highest BCUT2D eigenvalue weighted by Crippen LogP contribution is 2.32. The largest absolute Gasteiger partial charge is 0.449 e. The number of carbonyl (C=O) groups is 1. The van der Waals surface area contributed by atoms with Crippen LogP contribution in [0.25, 0.3) is 11.1 Å². The molecule has 2 heterocycles. The summed E-state index contributed by atoms with van der Waals surface area (Å²) in [6.45, 7) is 1.08. The Labute approximate surface area is 129 Å². The summed E-state index contributed by atoms with van der Waals surface area (Å²) in [4.78, 5) is 17.2. The van der Waals surface area contributed by atoms with Crippen LogP contribution < -0.4 is 0 Å². The van der Waals surface area contributed by atoms with Gasteiger partial charge in [-0.15, -0.1) is 6.42 Å². The summed E-state index contributed by atoms with van der Waals surface area (Å²) in [5.41, 5.74) is 3.55. The van der Waals surface area contributed by atoms with Gasteiger partial charge in [0.05, 0.1) is 12.3 Å². The maximum Gasteiger partial charge on any atom is 0.411 e. The van der Waals surface area contributed by atoms with Crippen molar-refractivity contribution in [2.45, 2.75) is 12.5 Å². The first-order chi connectivity index (χ1) is 10.8. The minimum absolute atomic E-state index is 0.361. The van der Waals surface area contributed by atoms with Gasteiger partial charge in [-0.2, -0.15) is 0 Å². The van der Waals surface area contributed by atoms with Crippen LogP contribution in [0.3, 0.4) is 0 Å². The van der Waals surface area contributed by atoms with Crippen LogP contribution in [0.2, 0.25) is 0 Å². The molecule has 4 heteroatoms. The molecule has 0 bridgehead atoms. The van der Waals surface area contributed by atoms with Crippen molar-refractivity contribution in [3.8, 4) is 23.5 Å². The lowest BCUT2D eigenvalue weighted by molar-refractivity contribution is 0.0635. The third kappa shape index (κ3) is 3.09. The van der Waals surface area contributed by atoms with Crippen LogP contribution >= 0.6 is 0 Å². The molecule has 1 amide bonds. The highest BCUT2D eigenvalue weighted by Gasteiger charge is 2.28. The fourth-order valence-electron chi connectivity index (χ4n) is 2.35. The Morgan fingerprint density at radius 1 is 1.23 bits per heavy atom. The molecule has 0 spiro atoms. The smallest absolute Gasteiger partial charge is 0.411 e. The number of hydrogen-bond donors (Lipinski definition) is 0. The van der Waals surface area contributed by atoms with E-state index in [4.69, 9.17) is 11.2 Å². The van der Waals surface area contributed by atoms with Crippen LogP contribution in [0, 0.1) is 12.3 Å². The van der Waals surface area contributed by atoms with Crippen LogP contribution in [-0.4, -0.2) is 29.1 Å². The molecule has 2 aliphatic carbocycles. The Kier molecular flexibility index (Phi) is 4.06. The molecule has 1 aromatic rings. The molecule has 4 nitrogen and oxygen atoms in total. The van der Waals surface area contributed by atoms with E-state index in [1.807, 2.05) is 18.2 Å². The molecule has 110 valence electrons. The predicted octanol–water partition coefficient (Wildman–Crippen LogP) is 3.27. The Morgan fingerprint density at radius 2 is 2.05 bits per heavy atom. The van der Waals surface area contributed by atoms with E-state index in [1.54, 1.807) is 6.20 Å². The second kappa shape index (κ2) is 6.31. The van der Waals surface area contributed by atoms with Gasteiger partial charge in [-0.05, 0) is 35.7 Å². The van der Waals surface area contributed by atoms with Crippen LogP contribution in [0.4, 0.5) is 4.79 Å². The number of carbonyl (C=O) groups excluding carboxylic acids is 1. The first kappa shape index (κ1) is 14.2. The van der Waals surface area contributed by atoms with E-state index in [-0.39, 0.29) is 6.09 Å². The van der Waals surface area contributed by atoms with Gasteiger partial charge in [0.2, 0.25) is 0 Å². The van der Waals surface area contributed by atoms with Crippen molar-refractivity contribution in [1.29, 1.82) is 0 Å². The molecule has 4 rings (SSSR count). The second-order valence-electron chi connectivity index (χ2n) is 5.07. The minimum Gasteiger partial charge on any atom is -0.449 e. The van der Waals surface area contributed by atoms with Crippen LogP contribution in [-0.2, 0) is 4.74 Å². The van der Waals surface area contributed by atoms with Crippen molar-refractivity contribution in [1.82, 2.24) is 9.88 Å². The molecule has 0 radical (unpaired) electrons. The van der Waals surface area contributed by atoms with Gasteiger partial charge in [-0.1, -0.05) is 30.2 Å². The molecular weight excluding hydrogens is 276 g/mol. The van der Waals surface area contributed by atoms with Gasteiger partial charge < -0.3 is 4.74 Å². The highest BCUT2D eigenvalue weighted by molar-refractivity contribution is 5.80. The van der Waals surface area contributed by atoms with Gasteiger partial charge in [-0.25, -0.2) is 4.79 Å². The highest BCUT2D eigenvalue weighted by atomic mass is 16.6. The van der Waals surface area contributed by atoms with Gasteiger partial charge in [0.15, 0.2) is 0 Å². The van der Waals surface area contributed by atoms with E-state index < -0.39 is 6.04 Å². The van der Waals surface area contributed by atoms with Crippen molar-refractivity contribution in [2.75, 3.05) is 13.2 Å². The summed E-state index contributed by atoms with van der Waals surface area (Å²) in [5, 5.41) is 0. The minimum atomic E-state index is -0.436. The topological polar surface area (TPSA) is 42.4 Å². The number of hydrogen-bond acceptors (Lipinski definition) is 3. The normalized spacial score (nSPS) is 15.8. The van der Waals surface area contributed by atoms with Gasteiger partial charge in [0, 0.05) is 12.7 Å². The number of pyridine rings is 1.